The first-order valence-corrected chi connectivity index (χ1v) is 8.57. The van der Waals surface area contributed by atoms with Crippen molar-refractivity contribution in [2.24, 2.45) is 0 Å². The van der Waals surface area contributed by atoms with Crippen molar-refractivity contribution in [2.75, 3.05) is 0 Å². The fraction of sp³-hybridized carbons (Fsp3) is 0.368. The minimum atomic E-state index is -4.68. The summed E-state index contributed by atoms with van der Waals surface area (Å²) in [5, 5.41) is 2.76. The number of hydrogen-bond acceptors (Lipinski definition) is 3. The second-order valence-corrected chi connectivity index (χ2v) is 6.56. The van der Waals surface area contributed by atoms with Gasteiger partial charge in [-0.05, 0) is 31.5 Å². The van der Waals surface area contributed by atoms with E-state index in [2.05, 4.69) is 5.32 Å². The van der Waals surface area contributed by atoms with Crippen LogP contribution in [-0.2, 0) is 6.18 Å². The molecule has 8 heteroatoms. The van der Waals surface area contributed by atoms with Gasteiger partial charge in [0, 0.05) is 12.0 Å². The van der Waals surface area contributed by atoms with Crippen LogP contribution in [0, 0.1) is 6.92 Å². The molecule has 0 spiro atoms. The van der Waals surface area contributed by atoms with E-state index in [-0.39, 0.29) is 11.7 Å². The summed E-state index contributed by atoms with van der Waals surface area (Å²) < 4.78 is 43.9. The van der Waals surface area contributed by atoms with E-state index < -0.39 is 29.4 Å². The summed E-state index contributed by atoms with van der Waals surface area (Å²) in [6.07, 6.45) is -3.53. The normalized spacial score (nSPS) is 19.1. The van der Waals surface area contributed by atoms with Gasteiger partial charge in [-0.25, -0.2) is 0 Å². The number of aromatic amines is 1. The zero-order valence-electron chi connectivity index (χ0n) is 14.8. The van der Waals surface area contributed by atoms with Crippen LogP contribution in [0.3, 0.4) is 0 Å². The molecule has 1 aromatic heterocycles. The van der Waals surface area contributed by atoms with Crippen molar-refractivity contribution in [1.82, 2.24) is 10.3 Å². The van der Waals surface area contributed by atoms with Crippen molar-refractivity contribution in [2.45, 2.75) is 45.0 Å². The van der Waals surface area contributed by atoms with Crippen molar-refractivity contribution in [3.63, 3.8) is 0 Å². The minimum Gasteiger partial charge on any atom is -0.490 e. The number of rotatable bonds is 3. The fourth-order valence-corrected chi connectivity index (χ4v) is 3.11. The third-order valence-electron chi connectivity index (χ3n) is 4.55. The molecule has 1 aliphatic rings. The average Bonchev–Trinajstić information content (AvgIpc) is 2.60. The van der Waals surface area contributed by atoms with E-state index in [1.807, 2.05) is 32.0 Å². The maximum absolute atomic E-state index is 12.7. The molecule has 2 heterocycles. The van der Waals surface area contributed by atoms with Crippen LogP contribution >= 0.6 is 0 Å². The molecule has 1 amide bonds. The molecule has 0 saturated carbocycles. The third-order valence-corrected chi connectivity index (χ3v) is 4.55. The standard InChI is InChI=1S/C19H19F3N2O3/c1-3-11-9-14(13-8-10(2)4-6-15(13)27-11)23-17(25)12-5-7-16(19(20,21)22)24-18(12)26/h4-8,11,14H,3,9H2,1-2H3,(H,23,25)(H,24,26)/t11-,14-/m1/s1. The molecule has 2 aromatic rings. The molecule has 144 valence electrons. The van der Waals surface area contributed by atoms with E-state index in [1.54, 1.807) is 4.98 Å². The van der Waals surface area contributed by atoms with Crippen molar-refractivity contribution in [1.29, 1.82) is 0 Å². The molecule has 0 saturated heterocycles. The summed E-state index contributed by atoms with van der Waals surface area (Å²) in [4.78, 5) is 26.2. The van der Waals surface area contributed by atoms with Gasteiger partial charge in [0.1, 0.15) is 23.1 Å². The van der Waals surface area contributed by atoms with Gasteiger partial charge in [0.2, 0.25) is 0 Å². The number of H-pyrrole nitrogens is 1. The van der Waals surface area contributed by atoms with Crippen molar-refractivity contribution >= 4 is 5.91 Å². The highest BCUT2D eigenvalue weighted by atomic mass is 19.4. The van der Waals surface area contributed by atoms with Gasteiger partial charge < -0.3 is 15.0 Å². The Morgan fingerprint density at radius 3 is 2.67 bits per heavy atom. The number of nitrogens with one attached hydrogen (secondary N) is 2. The van der Waals surface area contributed by atoms with E-state index in [9.17, 15) is 22.8 Å². The van der Waals surface area contributed by atoms with Crippen molar-refractivity contribution in [3.05, 3.63) is 63.1 Å². The summed E-state index contributed by atoms with van der Waals surface area (Å²) in [6.45, 7) is 3.87. The number of ether oxygens (including phenoxy) is 1. The van der Waals surface area contributed by atoms with Gasteiger partial charge in [0.15, 0.2) is 0 Å². The van der Waals surface area contributed by atoms with Crippen LogP contribution in [0.1, 0.15) is 53.0 Å². The van der Waals surface area contributed by atoms with Crippen molar-refractivity contribution < 1.29 is 22.7 Å². The number of halogens is 3. The largest absolute Gasteiger partial charge is 0.490 e. The highest BCUT2D eigenvalue weighted by Crippen LogP contribution is 2.36. The molecule has 27 heavy (non-hydrogen) atoms. The topological polar surface area (TPSA) is 71.2 Å². The number of aromatic nitrogens is 1. The second kappa shape index (κ2) is 7.09. The van der Waals surface area contributed by atoms with Crippen LogP contribution < -0.4 is 15.6 Å². The minimum absolute atomic E-state index is 0.101. The van der Waals surface area contributed by atoms with Gasteiger partial charge >= 0.3 is 6.18 Å². The lowest BCUT2D eigenvalue weighted by Crippen LogP contribution is -2.38. The average molecular weight is 380 g/mol. The SMILES string of the molecule is CC[C@@H]1C[C@@H](NC(=O)c2ccc(C(F)(F)F)[nH]c2=O)c2cc(C)ccc2O1. The molecular weight excluding hydrogens is 361 g/mol. The summed E-state index contributed by atoms with van der Waals surface area (Å²) in [5.41, 5.74) is -0.861. The Bertz CT molecular complexity index is 921. The highest BCUT2D eigenvalue weighted by Gasteiger charge is 2.33. The summed E-state index contributed by atoms with van der Waals surface area (Å²) >= 11 is 0. The first-order valence-electron chi connectivity index (χ1n) is 8.57. The van der Waals surface area contributed by atoms with E-state index in [4.69, 9.17) is 4.74 Å². The molecule has 2 N–H and O–H groups in total. The number of carbonyl (C=O) groups is 1. The first-order chi connectivity index (χ1) is 12.7. The lowest BCUT2D eigenvalue weighted by Gasteiger charge is -2.32. The zero-order valence-corrected chi connectivity index (χ0v) is 14.8. The quantitative estimate of drug-likeness (QED) is 0.852. The summed E-state index contributed by atoms with van der Waals surface area (Å²) in [6, 6.07) is 6.81. The van der Waals surface area contributed by atoms with Gasteiger partial charge in [-0.2, -0.15) is 13.2 Å². The Balaban J connectivity index is 1.88. The number of amides is 1. The van der Waals surface area contributed by atoms with Gasteiger partial charge in [0.05, 0.1) is 6.04 Å². The van der Waals surface area contributed by atoms with Crippen molar-refractivity contribution in [3.8, 4) is 5.75 Å². The number of hydrogen-bond donors (Lipinski definition) is 2. The Kier molecular flexibility index (Phi) is 4.99. The molecular formula is C19H19F3N2O3. The lowest BCUT2D eigenvalue weighted by molar-refractivity contribution is -0.141. The Hall–Kier alpha value is -2.77. The molecule has 0 bridgehead atoms. The maximum Gasteiger partial charge on any atom is 0.431 e. The molecule has 0 unspecified atom stereocenters. The predicted octanol–water partition coefficient (Wildman–Crippen LogP) is 3.73. The van der Waals surface area contributed by atoms with Gasteiger partial charge in [-0.1, -0.05) is 24.6 Å². The number of pyridine rings is 1. The fourth-order valence-electron chi connectivity index (χ4n) is 3.11. The molecule has 0 radical (unpaired) electrons. The van der Waals surface area contributed by atoms with E-state index in [0.717, 1.165) is 23.6 Å². The first kappa shape index (κ1) is 19.0. The smallest absolute Gasteiger partial charge is 0.431 e. The van der Waals surface area contributed by atoms with Crippen LogP contribution in [0.5, 0.6) is 5.75 Å². The predicted molar refractivity (Wildman–Crippen MR) is 92.8 cm³/mol. The Morgan fingerprint density at radius 1 is 1.30 bits per heavy atom. The number of aryl methyl sites for hydroxylation is 1. The van der Waals surface area contributed by atoms with Crippen LogP contribution in [0.4, 0.5) is 13.2 Å². The van der Waals surface area contributed by atoms with E-state index >= 15 is 0 Å². The van der Waals surface area contributed by atoms with Gasteiger partial charge in [-0.3, -0.25) is 9.59 Å². The molecule has 5 nitrogen and oxygen atoms in total. The molecule has 2 atom stereocenters. The zero-order chi connectivity index (χ0) is 19.8. The van der Waals surface area contributed by atoms with Gasteiger partial charge in [-0.15, -0.1) is 0 Å². The monoisotopic (exact) mass is 380 g/mol. The number of alkyl halides is 3. The third kappa shape index (κ3) is 3.99. The molecule has 1 aromatic carbocycles. The highest BCUT2D eigenvalue weighted by molar-refractivity contribution is 5.94. The Labute approximate surface area is 153 Å². The van der Waals surface area contributed by atoms with Crippen LogP contribution in [-0.4, -0.2) is 17.0 Å². The molecule has 1 aliphatic heterocycles. The molecule has 0 aliphatic carbocycles. The summed E-state index contributed by atoms with van der Waals surface area (Å²) in [7, 11) is 0. The number of benzene rings is 1. The summed E-state index contributed by atoms with van der Waals surface area (Å²) in [5.74, 6) is -0.0653. The van der Waals surface area contributed by atoms with Crippen LogP contribution in [0.15, 0.2) is 35.1 Å². The maximum atomic E-state index is 12.7. The second-order valence-electron chi connectivity index (χ2n) is 6.56. The van der Waals surface area contributed by atoms with E-state index in [0.29, 0.717) is 18.2 Å². The van der Waals surface area contributed by atoms with Crippen LogP contribution in [0.25, 0.3) is 0 Å². The van der Waals surface area contributed by atoms with Crippen LogP contribution in [0.2, 0.25) is 0 Å². The lowest BCUT2D eigenvalue weighted by atomic mass is 9.94. The number of carbonyl (C=O) groups excluding carboxylic acids is 1. The Morgan fingerprint density at radius 2 is 2.04 bits per heavy atom. The van der Waals surface area contributed by atoms with E-state index in [1.165, 1.54) is 0 Å². The molecule has 3 rings (SSSR count). The van der Waals surface area contributed by atoms with Gasteiger partial charge in [0.25, 0.3) is 11.5 Å². The molecule has 0 fully saturated rings. The number of fused-ring (bicyclic) bond motifs is 1.